The quantitative estimate of drug-likeness (QED) is 0.774. The van der Waals surface area contributed by atoms with E-state index in [-0.39, 0.29) is 6.61 Å². The Bertz CT molecular complexity index is 299. The van der Waals surface area contributed by atoms with E-state index in [1.54, 1.807) is 6.07 Å². The average Bonchev–Trinajstić information content (AvgIpc) is 2.20. The zero-order chi connectivity index (χ0) is 11.3. The van der Waals surface area contributed by atoms with Crippen LogP contribution in [0.3, 0.4) is 0 Å². The van der Waals surface area contributed by atoms with Gasteiger partial charge in [0, 0.05) is 24.7 Å². The molecule has 1 rings (SSSR count). The van der Waals surface area contributed by atoms with Crippen molar-refractivity contribution in [2.75, 3.05) is 13.2 Å². The Kier molecular flexibility index (Phi) is 4.59. The van der Waals surface area contributed by atoms with Crippen LogP contribution in [0.25, 0.3) is 0 Å². The summed E-state index contributed by atoms with van der Waals surface area (Å²) in [6, 6.07) is 7.67. The topological polar surface area (TPSA) is 43.7 Å². The second-order valence-electron chi connectivity index (χ2n) is 3.92. The highest BCUT2D eigenvalue weighted by Gasteiger charge is 2.11. The van der Waals surface area contributed by atoms with Gasteiger partial charge in [-0.2, -0.15) is 0 Å². The third-order valence-corrected chi connectivity index (χ3v) is 2.48. The van der Waals surface area contributed by atoms with Crippen molar-refractivity contribution in [3.63, 3.8) is 0 Å². The molecule has 0 bridgehead atoms. The molecule has 84 valence electrons. The summed E-state index contributed by atoms with van der Waals surface area (Å²) in [5, 5.41) is 18.5. The summed E-state index contributed by atoms with van der Waals surface area (Å²) in [5.74, 6) is 0.320. The lowest BCUT2D eigenvalue weighted by atomic mass is 10.1. The lowest BCUT2D eigenvalue weighted by Gasteiger charge is -2.25. The van der Waals surface area contributed by atoms with E-state index in [4.69, 9.17) is 5.11 Å². The van der Waals surface area contributed by atoms with Crippen LogP contribution < -0.4 is 0 Å². The number of phenols is 1. The van der Waals surface area contributed by atoms with Crippen molar-refractivity contribution in [2.45, 2.75) is 26.4 Å². The Morgan fingerprint density at radius 2 is 1.93 bits per heavy atom. The fraction of sp³-hybridized carbons (Fsp3) is 0.500. The standard InChI is InChI=1S/C12H19NO2/c1-10(2)13(7-8-14)9-11-5-3-4-6-12(11)15/h3-6,10,14-15H,7-9H2,1-2H3. The lowest BCUT2D eigenvalue weighted by Crippen LogP contribution is -2.32. The molecule has 3 heteroatoms. The van der Waals surface area contributed by atoms with Gasteiger partial charge in [0.2, 0.25) is 0 Å². The largest absolute Gasteiger partial charge is 0.508 e. The SMILES string of the molecule is CC(C)N(CCO)Cc1ccccc1O. The van der Waals surface area contributed by atoms with Crippen LogP contribution in [0.15, 0.2) is 24.3 Å². The Morgan fingerprint density at radius 3 is 2.47 bits per heavy atom. The predicted molar refractivity (Wildman–Crippen MR) is 60.7 cm³/mol. The number of aliphatic hydroxyl groups excluding tert-OH is 1. The first kappa shape index (κ1) is 12.0. The Hall–Kier alpha value is -1.06. The van der Waals surface area contributed by atoms with Gasteiger partial charge < -0.3 is 10.2 Å². The van der Waals surface area contributed by atoms with Crippen molar-refractivity contribution in [2.24, 2.45) is 0 Å². The summed E-state index contributed by atoms with van der Waals surface area (Å²) >= 11 is 0. The smallest absolute Gasteiger partial charge is 0.120 e. The fourth-order valence-corrected chi connectivity index (χ4v) is 1.51. The van der Waals surface area contributed by atoms with Gasteiger partial charge in [-0.3, -0.25) is 4.90 Å². The number of hydrogen-bond acceptors (Lipinski definition) is 3. The maximum absolute atomic E-state index is 9.62. The molecule has 0 heterocycles. The molecule has 0 aliphatic rings. The van der Waals surface area contributed by atoms with Gasteiger partial charge in [0.15, 0.2) is 0 Å². The second-order valence-corrected chi connectivity index (χ2v) is 3.92. The molecule has 15 heavy (non-hydrogen) atoms. The molecule has 0 aliphatic heterocycles. The predicted octanol–water partition coefficient (Wildman–Crippen LogP) is 1.59. The summed E-state index contributed by atoms with van der Waals surface area (Å²) in [6.45, 7) is 5.61. The number of benzene rings is 1. The maximum atomic E-state index is 9.62. The minimum atomic E-state index is 0.145. The van der Waals surface area contributed by atoms with Crippen molar-refractivity contribution in [3.05, 3.63) is 29.8 Å². The molecular weight excluding hydrogens is 190 g/mol. The summed E-state index contributed by atoms with van der Waals surface area (Å²) in [6.07, 6.45) is 0. The summed E-state index contributed by atoms with van der Waals surface area (Å²) in [4.78, 5) is 2.12. The third kappa shape index (κ3) is 3.53. The van der Waals surface area contributed by atoms with E-state index in [0.29, 0.717) is 24.9 Å². The molecule has 2 N–H and O–H groups in total. The van der Waals surface area contributed by atoms with E-state index in [1.807, 2.05) is 18.2 Å². The number of rotatable bonds is 5. The van der Waals surface area contributed by atoms with Crippen LogP contribution in [0.5, 0.6) is 5.75 Å². The van der Waals surface area contributed by atoms with Crippen LogP contribution >= 0.6 is 0 Å². The Labute approximate surface area is 91.0 Å². The molecule has 0 saturated carbocycles. The van der Waals surface area contributed by atoms with Crippen LogP contribution in [-0.2, 0) is 6.54 Å². The third-order valence-electron chi connectivity index (χ3n) is 2.48. The number of hydrogen-bond donors (Lipinski definition) is 2. The summed E-state index contributed by atoms with van der Waals surface area (Å²) in [5.41, 5.74) is 0.902. The summed E-state index contributed by atoms with van der Waals surface area (Å²) in [7, 11) is 0. The molecule has 0 saturated heterocycles. The monoisotopic (exact) mass is 209 g/mol. The highest BCUT2D eigenvalue weighted by molar-refractivity contribution is 5.31. The molecule has 0 unspecified atom stereocenters. The van der Waals surface area contributed by atoms with Crippen LogP contribution in [0.1, 0.15) is 19.4 Å². The highest BCUT2D eigenvalue weighted by atomic mass is 16.3. The van der Waals surface area contributed by atoms with Crippen LogP contribution in [-0.4, -0.2) is 34.3 Å². The van der Waals surface area contributed by atoms with Crippen molar-refractivity contribution < 1.29 is 10.2 Å². The average molecular weight is 209 g/mol. The minimum Gasteiger partial charge on any atom is -0.508 e. The molecule has 0 aliphatic carbocycles. The molecule has 0 fully saturated rings. The van der Waals surface area contributed by atoms with E-state index in [9.17, 15) is 5.11 Å². The van der Waals surface area contributed by atoms with Crippen molar-refractivity contribution in [1.82, 2.24) is 4.90 Å². The van der Waals surface area contributed by atoms with Gasteiger partial charge in [-0.1, -0.05) is 18.2 Å². The van der Waals surface area contributed by atoms with Gasteiger partial charge in [-0.25, -0.2) is 0 Å². The number of para-hydroxylation sites is 1. The van der Waals surface area contributed by atoms with E-state index < -0.39 is 0 Å². The van der Waals surface area contributed by atoms with Gasteiger partial charge in [-0.05, 0) is 19.9 Å². The fourth-order valence-electron chi connectivity index (χ4n) is 1.51. The molecule has 0 radical (unpaired) electrons. The maximum Gasteiger partial charge on any atom is 0.120 e. The minimum absolute atomic E-state index is 0.145. The van der Waals surface area contributed by atoms with Crippen molar-refractivity contribution in [1.29, 1.82) is 0 Å². The highest BCUT2D eigenvalue weighted by Crippen LogP contribution is 2.18. The number of aliphatic hydroxyl groups is 1. The van der Waals surface area contributed by atoms with Crippen LogP contribution in [0, 0.1) is 0 Å². The van der Waals surface area contributed by atoms with Crippen LogP contribution in [0.4, 0.5) is 0 Å². The normalized spacial score (nSPS) is 11.3. The molecule has 1 aromatic carbocycles. The van der Waals surface area contributed by atoms with Gasteiger partial charge >= 0.3 is 0 Å². The van der Waals surface area contributed by atoms with Gasteiger partial charge in [0.05, 0.1) is 6.61 Å². The van der Waals surface area contributed by atoms with Crippen molar-refractivity contribution >= 4 is 0 Å². The first-order valence-electron chi connectivity index (χ1n) is 5.27. The molecule has 0 amide bonds. The second kappa shape index (κ2) is 5.73. The molecule has 3 nitrogen and oxygen atoms in total. The van der Waals surface area contributed by atoms with E-state index in [1.165, 1.54) is 0 Å². The van der Waals surface area contributed by atoms with Gasteiger partial charge in [0.1, 0.15) is 5.75 Å². The van der Waals surface area contributed by atoms with Gasteiger partial charge in [0.25, 0.3) is 0 Å². The zero-order valence-corrected chi connectivity index (χ0v) is 9.35. The zero-order valence-electron chi connectivity index (χ0n) is 9.35. The molecular formula is C12H19NO2. The van der Waals surface area contributed by atoms with E-state index >= 15 is 0 Å². The summed E-state index contributed by atoms with van der Waals surface area (Å²) < 4.78 is 0. The molecule has 1 aromatic rings. The molecule has 0 aromatic heterocycles. The van der Waals surface area contributed by atoms with Crippen molar-refractivity contribution in [3.8, 4) is 5.75 Å². The number of nitrogens with zero attached hydrogens (tertiary/aromatic N) is 1. The number of aromatic hydroxyl groups is 1. The van der Waals surface area contributed by atoms with E-state index in [0.717, 1.165) is 5.56 Å². The lowest BCUT2D eigenvalue weighted by molar-refractivity contribution is 0.158. The first-order valence-corrected chi connectivity index (χ1v) is 5.27. The van der Waals surface area contributed by atoms with Crippen LogP contribution in [0.2, 0.25) is 0 Å². The Balaban J connectivity index is 2.69. The van der Waals surface area contributed by atoms with Gasteiger partial charge in [-0.15, -0.1) is 0 Å². The first-order chi connectivity index (χ1) is 7.15. The molecule has 0 atom stereocenters. The Morgan fingerprint density at radius 1 is 1.27 bits per heavy atom. The molecule has 0 spiro atoms. The number of phenolic OH excluding ortho intramolecular Hbond substituents is 1. The van der Waals surface area contributed by atoms with E-state index in [2.05, 4.69) is 18.7 Å².